The van der Waals surface area contributed by atoms with Crippen molar-refractivity contribution in [3.8, 4) is 0 Å². The zero-order valence-corrected chi connectivity index (χ0v) is 21.4. The summed E-state index contributed by atoms with van der Waals surface area (Å²) in [6, 6.07) is 12.8. The Kier molecular flexibility index (Phi) is 10.2. The first-order chi connectivity index (χ1) is 17.2. The lowest BCUT2D eigenvalue weighted by atomic mass is 9.95. The first-order valence-electron chi connectivity index (χ1n) is 12.6. The summed E-state index contributed by atoms with van der Waals surface area (Å²) in [7, 11) is 0. The van der Waals surface area contributed by atoms with Crippen LogP contribution >= 0.6 is 11.3 Å². The Labute approximate surface area is 215 Å². The van der Waals surface area contributed by atoms with Gasteiger partial charge in [0, 0.05) is 17.8 Å². The van der Waals surface area contributed by atoms with Gasteiger partial charge in [-0.05, 0) is 55.7 Å². The van der Waals surface area contributed by atoms with E-state index >= 15 is 0 Å². The van der Waals surface area contributed by atoms with E-state index in [0.29, 0.717) is 12.8 Å². The predicted molar refractivity (Wildman–Crippen MR) is 138 cm³/mol. The first kappa shape index (κ1) is 28.0. The van der Waals surface area contributed by atoms with Gasteiger partial charge in [0.2, 0.25) is 0 Å². The number of carbonyl (C=O) groups excluding carboxylic acids is 1. The minimum Gasteiger partial charge on any atom is -0.477 e. The molecule has 1 saturated heterocycles. The van der Waals surface area contributed by atoms with Crippen molar-refractivity contribution in [2.45, 2.75) is 76.4 Å². The summed E-state index contributed by atoms with van der Waals surface area (Å²) >= 11 is 1.15. The number of carboxylic acids is 1. The van der Waals surface area contributed by atoms with Crippen molar-refractivity contribution >= 4 is 23.2 Å². The maximum atomic E-state index is 14.2. The Hall–Kier alpha value is -2.58. The maximum Gasteiger partial charge on any atom is 0.345 e. The molecular weight excluding hydrogens is 484 g/mol. The summed E-state index contributed by atoms with van der Waals surface area (Å²) in [5.74, 6) is -5.60. The van der Waals surface area contributed by atoms with Crippen LogP contribution in [0.3, 0.4) is 0 Å². The number of alkyl halides is 2. The molecule has 1 aliphatic rings. The number of halogens is 2. The number of aliphatic hydroxyl groups excluding tert-OH is 1. The van der Waals surface area contributed by atoms with Crippen molar-refractivity contribution in [3.63, 3.8) is 0 Å². The lowest BCUT2D eigenvalue weighted by molar-refractivity contribution is -0.148. The number of aromatic carboxylic acids is 1. The highest BCUT2D eigenvalue weighted by molar-refractivity contribution is 7.13. The molecule has 36 heavy (non-hydrogen) atoms. The van der Waals surface area contributed by atoms with Crippen LogP contribution in [0.2, 0.25) is 0 Å². The Morgan fingerprint density at radius 1 is 1.14 bits per heavy atom. The van der Waals surface area contributed by atoms with E-state index in [1.54, 1.807) is 18.2 Å². The van der Waals surface area contributed by atoms with Gasteiger partial charge in [-0.25, -0.2) is 4.79 Å². The number of likely N-dealkylation sites (tertiary alicyclic amines) is 1. The van der Waals surface area contributed by atoms with E-state index in [-0.39, 0.29) is 17.3 Å². The molecule has 0 unspecified atom stereocenters. The van der Waals surface area contributed by atoms with Crippen LogP contribution in [0.1, 0.15) is 65.6 Å². The summed E-state index contributed by atoms with van der Waals surface area (Å²) < 4.78 is 28.3. The number of aliphatic hydroxyl groups is 1. The molecule has 0 aliphatic carbocycles. The molecule has 2 aromatic rings. The number of hydrogen-bond acceptors (Lipinski definition) is 4. The fraction of sp³-hybridized carbons (Fsp3) is 0.500. The number of carboxylic acid groups (broad SMARTS) is 1. The average molecular weight is 520 g/mol. The molecule has 0 spiro atoms. The highest BCUT2D eigenvalue weighted by atomic mass is 32.1. The maximum absolute atomic E-state index is 14.2. The number of amides is 1. The second kappa shape index (κ2) is 13.1. The van der Waals surface area contributed by atoms with Crippen LogP contribution in [0, 0.1) is 5.92 Å². The summed E-state index contributed by atoms with van der Waals surface area (Å²) in [5.41, 5.74) is 1.32. The Balaban J connectivity index is 1.44. The van der Waals surface area contributed by atoms with Crippen molar-refractivity contribution in [2.75, 3.05) is 6.54 Å². The predicted octanol–water partition coefficient (Wildman–Crippen LogP) is 5.97. The summed E-state index contributed by atoms with van der Waals surface area (Å²) in [4.78, 5) is 25.5. The van der Waals surface area contributed by atoms with E-state index in [4.69, 9.17) is 5.11 Å². The summed E-state index contributed by atoms with van der Waals surface area (Å²) in [6.45, 7) is 2.10. The standard InChI is InChI=1S/C28H35F2NO4S/c1-20(9-4-2-5-10-21-11-6-3-7-12-21)24(32)16-14-22-19-28(29,30)27(35)31(22)18-8-13-23-15-17-25(36-23)26(33)34/h3,6-7,11-12,14-17,20,22,24,32H,2,4-5,8-10,13,18-19H2,1H3,(H,33,34)/b16-14+/t20-,22-,24+/m0/s1. The largest absolute Gasteiger partial charge is 0.477 e. The van der Waals surface area contributed by atoms with Crippen molar-refractivity contribution in [3.05, 3.63) is 69.9 Å². The summed E-state index contributed by atoms with van der Waals surface area (Å²) in [5, 5.41) is 19.6. The van der Waals surface area contributed by atoms with E-state index in [9.17, 15) is 23.5 Å². The van der Waals surface area contributed by atoms with Gasteiger partial charge in [-0.2, -0.15) is 8.78 Å². The lowest BCUT2D eigenvalue weighted by Gasteiger charge is -2.22. The molecule has 8 heteroatoms. The van der Waals surface area contributed by atoms with E-state index in [2.05, 4.69) is 12.1 Å². The van der Waals surface area contributed by atoms with Crippen LogP contribution in [0.15, 0.2) is 54.6 Å². The van der Waals surface area contributed by atoms with Gasteiger partial charge in [-0.3, -0.25) is 4.79 Å². The number of unbranched alkanes of at least 4 members (excludes halogenated alkanes) is 2. The third-order valence-electron chi connectivity index (χ3n) is 6.72. The van der Waals surface area contributed by atoms with Crippen LogP contribution in [0.4, 0.5) is 8.78 Å². The zero-order chi connectivity index (χ0) is 26.1. The minimum atomic E-state index is -3.41. The molecule has 2 N–H and O–H groups in total. The van der Waals surface area contributed by atoms with Crippen LogP contribution in [-0.2, 0) is 17.6 Å². The molecule has 1 aromatic carbocycles. The van der Waals surface area contributed by atoms with Gasteiger partial charge < -0.3 is 15.1 Å². The van der Waals surface area contributed by atoms with Gasteiger partial charge in [0.25, 0.3) is 5.91 Å². The molecule has 5 nitrogen and oxygen atoms in total. The van der Waals surface area contributed by atoms with E-state index in [1.807, 2.05) is 25.1 Å². The number of hydrogen-bond donors (Lipinski definition) is 2. The fourth-order valence-corrected chi connectivity index (χ4v) is 5.42. The second-order valence-electron chi connectivity index (χ2n) is 9.59. The van der Waals surface area contributed by atoms with Gasteiger partial charge in [0.05, 0.1) is 12.1 Å². The number of thiophene rings is 1. The van der Waals surface area contributed by atoms with Crippen LogP contribution in [0.25, 0.3) is 0 Å². The fourth-order valence-electron chi connectivity index (χ4n) is 4.53. The second-order valence-corrected chi connectivity index (χ2v) is 10.8. The van der Waals surface area contributed by atoms with Gasteiger partial charge >= 0.3 is 11.9 Å². The van der Waals surface area contributed by atoms with Crippen LogP contribution in [-0.4, -0.2) is 51.6 Å². The molecular formula is C28H35F2NO4S. The molecule has 1 amide bonds. The first-order valence-corrected chi connectivity index (χ1v) is 13.4. The van der Waals surface area contributed by atoms with Crippen molar-refractivity contribution in [1.82, 2.24) is 4.90 Å². The van der Waals surface area contributed by atoms with Gasteiger partial charge in [0.15, 0.2) is 0 Å². The van der Waals surface area contributed by atoms with Crippen molar-refractivity contribution < 1.29 is 28.6 Å². The highest BCUT2D eigenvalue weighted by Crippen LogP contribution is 2.34. The topological polar surface area (TPSA) is 77.8 Å². The smallest absolute Gasteiger partial charge is 0.345 e. The zero-order valence-electron chi connectivity index (χ0n) is 20.6. The third-order valence-corrected chi connectivity index (χ3v) is 7.85. The molecule has 0 radical (unpaired) electrons. The van der Waals surface area contributed by atoms with Crippen molar-refractivity contribution in [1.29, 1.82) is 0 Å². The number of rotatable bonds is 14. The average Bonchev–Trinajstić information content (AvgIpc) is 3.41. The molecule has 3 atom stereocenters. The quantitative estimate of drug-likeness (QED) is 0.238. The molecule has 3 rings (SSSR count). The molecule has 2 heterocycles. The third kappa shape index (κ3) is 7.96. The number of aryl methyl sites for hydroxylation is 2. The highest BCUT2D eigenvalue weighted by Gasteiger charge is 2.52. The van der Waals surface area contributed by atoms with Gasteiger partial charge in [-0.1, -0.05) is 62.2 Å². The van der Waals surface area contributed by atoms with E-state index in [0.717, 1.165) is 48.3 Å². The number of carbonyl (C=O) groups is 2. The number of benzene rings is 1. The van der Waals surface area contributed by atoms with Crippen LogP contribution < -0.4 is 0 Å². The molecule has 1 aromatic heterocycles. The molecule has 1 fully saturated rings. The Morgan fingerprint density at radius 3 is 2.58 bits per heavy atom. The SMILES string of the molecule is C[C@@H](CCCCCc1ccccc1)[C@H](O)/C=C/[C@H]1CC(F)(F)C(=O)N1CCCc1ccc(C(=O)O)s1. The van der Waals surface area contributed by atoms with Gasteiger partial charge in [0.1, 0.15) is 4.88 Å². The van der Waals surface area contributed by atoms with E-state index < -0.39 is 36.4 Å². The Bertz CT molecular complexity index is 1020. The van der Waals surface area contributed by atoms with Gasteiger partial charge in [-0.15, -0.1) is 11.3 Å². The normalized spacial score (nSPS) is 19.2. The Morgan fingerprint density at radius 2 is 1.89 bits per heavy atom. The monoisotopic (exact) mass is 519 g/mol. The summed E-state index contributed by atoms with van der Waals surface area (Å²) in [6.07, 6.45) is 7.70. The van der Waals surface area contributed by atoms with E-state index in [1.165, 1.54) is 16.5 Å². The van der Waals surface area contributed by atoms with Crippen LogP contribution in [0.5, 0.6) is 0 Å². The molecule has 196 valence electrons. The molecule has 0 bridgehead atoms. The van der Waals surface area contributed by atoms with Crippen molar-refractivity contribution in [2.24, 2.45) is 5.92 Å². The minimum absolute atomic E-state index is 0.00806. The molecule has 0 saturated carbocycles. The lowest BCUT2D eigenvalue weighted by Crippen LogP contribution is -2.36. The number of nitrogens with zero attached hydrogens (tertiary/aromatic N) is 1. The molecule has 1 aliphatic heterocycles.